The van der Waals surface area contributed by atoms with E-state index in [2.05, 4.69) is 10.6 Å². The minimum Gasteiger partial charge on any atom is -0.508 e. The van der Waals surface area contributed by atoms with Crippen LogP contribution in [0.5, 0.6) is 5.75 Å². The van der Waals surface area contributed by atoms with Crippen LogP contribution in [0.1, 0.15) is 12.5 Å². The van der Waals surface area contributed by atoms with Crippen molar-refractivity contribution in [3.63, 3.8) is 0 Å². The van der Waals surface area contributed by atoms with Gasteiger partial charge in [-0.15, -0.1) is 0 Å². The van der Waals surface area contributed by atoms with Gasteiger partial charge in [-0.1, -0.05) is 19.1 Å². The number of rotatable bonds is 7. The number of carboxylic acids is 1. The summed E-state index contributed by atoms with van der Waals surface area (Å²) in [6.45, 7) is 2.21. The molecule has 0 aliphatic carbocycles. The van der Waals surface area contributed by atoms with Crippen LogP contribution in [0.15, 0.2) is 24.3 Å². The largest absolute Gasteiger partial charge is 0.508 e. The van der Waals surface area contributed by atoms with Crippen LogP contribution in [-0.4, -0.2) is 41.7 Å². The quantitative estimate of drug-likeness (QED) is 0.578. The molecule has 0 aromatic heterocycles. The molecule has 0 spiro atoms. The topological polar surface area (TPSA) is 98.7 Å². The van der Waals surface area contributed by atoms with E-state index in [1.807, 2.05) is 0 Å². The molecule has 0 saturated carbocycles. The Morgan fingerprint density at radius 2 is 1.85 bits per heavy atom. The minimum absolute atomic E-state index is 0.118. The summed E-state index contributed by atoms with van der Waals surface area (Å²) >= 11 is 0. The molecule has 110 valence electrons. The molecule has 0 aliphatic rings. The number of aliphatic carboxylic acids is 1. The van der Waals surface area contributed by atoms with Gasteiger partial charge in [0.2, 0.25) is 5.91 Å². The first kappa shape index (κ1) is 16.0. The van der Waals surface area contributed by atoms with Crippen molar-refractivity contribution in [2.45, 2.75) is 19.4 Å². The van der Waals surface area contributed by atoms with Crippen molar-refractivity contribution in [1.82, 2.24) is 10.6 Å². The maximum Gasteiger partial charge on any atom is 0.326 e. The van der Waals surface area contributed by atoms with E-state index in [0.29, 0.717) is 6.54 Å². The van der Waals surface area contributed by atoms with Crippen molar-refractivity contribution in [3.05, 3.63) is 29.8 Å². The standard InChI is InChI=1S/C14H20N2O4/c1-9(8-15-2)13(18)16-12(14(19)20)7-10-3-5-11(17)6-4-10/h3-6,9,12,15,17H,7-8H2,1-2H3,(H,16,18)(H,19,20)/t9?,12-/m0/s1. The fourth-order valence-electron chi connectivity index (χ4n) is 1.78. The van der Waals surface area contributed by atoms with Gasteiger partial charge in [0.15, 0.2) is 0 Å². The average molecular weight is 280 g/mol. The lowest BCUT2D eigenvalue weighted by atomic mass is 10.0. The Bertz CT molecular complexity index is 459. The van der Waals surface area contributed by atoms with Crippen LogP contribution < -0.4 is 10.6 Å². The van der Waals surface area contributed by atoms with Gasteiger partial charge in [0.1, 0.15) is 11.8 Å². The van der Waals surface area contributed by atoms with Crippen molar-refractivity contribution >= 4 is 11.9 Å². The van der Waals surface area contributed by atoms with Crippen LogP contribution >= 0.6 is 0 Å². The van der Waals surface area contributed by atoms with Crippen molar-refractivity contribution in [1.29, 1.82) is 0 Å². The van der Waals surface area contributed by atoms with E-state index in [4.69, 9.17) is 5.11 Å². The highest BCUT2D eigenvalue weighted by molar-refractivity contribution is 5.85. The molecule has 0 bridgehead atoms. The molecule has 1 unspecified atom stereocenters. The fourth-order valence-corrected chi connectivity index (χ4v) is 1.78. The van der Waals surface area contributed by atoms with E-state index in [0.717, 1.165) is 5.56 Å². The third-order valence-corrected chi connectivity index (χ3v) is 2.95. The van der Waals surface area contributed by atoms with Crippen LogP contribution in [0.3, 0.4) is 0 Å². The number of carboxylic acid groups (broad SMARTS) is 1. The van der Waals surface area contributed by atoms with Gasteiger partial charge in [-0.05, 0) is 24.7 Å². The number of amides is 1. The Labute approximate surface area is 117 Å². The third-order valence-electron chi connectivity index (χ3n) is 2.95. The fraction of sp³-hybridized carbons (Fsp3) is 0.429. The van der Waals surface area contributed by atoms with Gasteiger partial charge in [0, 0.05) is 18.9 Å². The highest BCUT2D eigenvalue weighted by Crippen LogP contribution is 2.11. The molecule has 1 rings (SSSR count). The monoisotopic (exact) mass is 280 g/mol. The summed E-state index contributed by atoms with van der Waals surface area (Å²) in [4.78, 5) is 23.0. The predicted octanol–water partition coefficient (Wildman–Crippen LogP) is 0.360. The Balaban J connectivity index is 2.67. The second kappa shape index (κ2) is 7.49. The number of phenolic OH excluding ortho intramolecular Hbond substituents is 1. The molecular formula is C14H20N2O4. The summed E-state index contributed by atoms with van der Waals surface area (Å²) in [5.74, 6) is -1.57. The smallest absolute Gasteiger partial charge is 0.326 e. The molecule has 6 heteroatoms. The molecule has 6 nitrogen and oxygen atoms in total. The van der Waals surface area contributed by atoms with Crippen LogP contribution in [-0.2, 0) is 16.0 Å². The van der Waals surface area contributed by atoms with Gasteiger partial charge in [-0.25, -0.2) is 4.79 Å². The van der Waals surface area contributed by atoms with Crippen LogP contribution in [0, 0.1) is 5.92 Å². The van der Waals surface area contributed by atoms with Gasteiger partial charge in [-0.2, -0.15) is 0 Å². The number of nitrogens with one attached hydrogen (secondary N) is 2. The van der Waals surface area contributed by atoms with E-state index in [-0.39, 0.29) is 24.0 Å². The lowest BCUT2D eigenvalue weighted by molar-refractivity contribution is -0.142. The van der Waals surface area contributed by atoms with Gasteiger partial charge >= 0.3 is 5.97 Å². The Morgan fingerprint density at radius 3 is 2.35 bits per heavy atom. The molecule has 0 saturated heterocycles. The Kier molecular flexibility index (Phi) is 5.99. The van der Waals surface area contributed by atoms with Crippen LogP contribution in [0.25, 0.3) is 0 Å². The zero-order valence-corrected chi connectivity index (χ0v) is 11.6. The molecule has 0 heterocycles. The Hall–Kier alpha value is -2.08. The highest BCUT2D eigenvalue weighted by Gasteiger charge is 2.22. The summed E-state index contributed by atoms with van der Waals surface area (Å²) in [6, 6.07) is 5.26. The molecule has 0 radical (unpaired) electrons. The number of aromatic hydroxyl groups is 1. The maximum absolute atomic E-state index is 11.8. The number of carbonyl (C=O) groups is 2. The SMILES string of the molecule is CNCC(C)C(=O)N[C@@H](Cc1ccc(O)cc1)C(=O)O. The number of hydrogen-bond donors (Lipinski definition) is 4. The molecular weight excluding hydrogens is 260 g/mol. The Morgan fingerprint density at radius 1 is 1.25 bits per heavy atom. The number of hydrogen-bond acceptors (Lipinski definition) is 4. The minimum atomic E-state index is -1.08. The number of phenols is 1. The lowest BCUT2D eigenvalue weighted by Gasteiger charge is -2.17. The van der Waals surface area contributed by atoms with E-state index in [1.165, 1.54) is 12.1 Å². The molecule has 0 aliphatic heterocycles. The van der Waals surface area contributed by atoms with E-state index in [1.54, 1.807) is 26.1 Å². The first-order valence-electron chi connectivity index (χ1n) is 6.39. The van der Waals surface area contributed by atoms with Crippen molar-refractivity contribution in [2.24, 2.45) is 5.92 Å². The van der Waals surface area contributed by atoms with Crippen molar-refractivity contribution in [2.75, 3.05) is 13.6 Å². The maximum atomic E-state index is 11.8. The summed E-state index contributed by atoms with van der Waals surface area (Å²) < 4.78 is 0. The summed E-state index contributed by atoms with van der Waals surface area (Å²) in [5.41, 5.74) is 0.733. The first-order valence-corrected chi connectivity index (χ1v) is 6.39. The van der Waals surface area contributed by atoms with Gasteiger partial charge < -0.3 is 20.8 Å². The molecule has 2 atom stereocenters. The van der Waals surface area contributed by atoms with Crippen molar-refractivity contribution < 1.29 is 19.8 Å². The van der Waals surface area contributed by atoms with E-state index in [9.17, 15) is 14.7 Å². The highest BCUT2D eigenvalue weighted by atomic mass is 16.4. The molecule has 4 N–H and O–H groups in total. The lowest BCUT2D eigenvalue weighted by Crippen LogP contribution is -2.45. The molecule has 20 heavy (non-hydrogen) atoms. The second-order valence-corrected chi connectivity index (χ2v) is 4.73. The average Bonchev–Trinajstić information content (AvgIpc) is 2.40. The van der Waals surface area contributed by atoms with E-state index >= 15 is 0 Å². The molecule has 1 amide bonds. The zero-order valence-electron chi connectivity index (χ0n) is 11.6. The number of carbonyl (C=O) groups excluding carboxylic acids is 1. The summed E-state index contributed by atoms with van der Waals surface area (Å²) in [6.07, 6.45) is 0.174. The second-order valence-electron chi connectivity index (χ2n) is 4.73. The van der Waals surface area contributed by atoms with Crippen molar-refractivity contribution in [3.8, 4) is 5.75 Å². The predicted molar refractivity (Wildman–Crippen MR) is 74.5 cm³/mol. The van der Waals surface area contributed by atoms with Gasteiger partial charge in [-0.3, -0.25) is 4.79 Å². The summed E-state index contributed by atoms with van der Waals surface area (Å²) in [7, 11) is 1.73. The zero-order chi connectivity index (χ0) is 15.1. The summed E-state index contributed by atoms with van der Waals surface area (Å²) in [5, 5.41) is 23.7. The first-order chi connectivity index (χ1) is 9.43. The van der Waals surface area contributed by atoms with E-state index < -0.39 is 12.0 Å². The van der Waals surface area contributed by atoms with Crippen LogP contribution in [0.2, 0.25) is 0 Å². The van der Waals surface area contributed by atoms with Gasteiger partial charge in [0.05, 0.1) is 0 Å². The third kappa shape index (κ3) is 4.89. The normalized spacial score (nSPS) is 13.5. The van der Waals surface area contributed by atoms with Gasteiger partial charge in [0.25, 0.3) is 0 Å². The molecule has 1 aromatic carbocycles. The number of benzene rings is 1. The molecule has 0 fully saturated rings. The van der Waals surface area contributed by atoms with Crippen LogP contribution in [0.4, 0.5) is 0 Å². The molecule has 1 aromatic rings.